The van der Waals surface area contributed by atoms with E-state index in [1.54, 1.807) is 12.1 Å². The molecule has 1 aromatic rings. The van der Waals surface area contributed by atoms with Gasteiger partial charge in [0.15, 0.2) is 0 Å². The Hall–Kier alpha value is -1.42. The van der Waals surface area contributed by atoms with Gasteiger partial charge < -0.3 is 5.32 Å². The van der Waals surface area contributed by atoms with E-state index in [9.17, 15) is 10.1 Å². The van der Waals surface area contributed by atoms with Crippen LogP contribution in [0, 0.1) is 16.0 Å². The van der Waals surface area contributed by atoms with Crippen molar-refractivity contribution < 1.29 is 4.92 Å². The molecule has 2 unspecified atom stereocenters. The number of nitrogens with zero attached hydrogens (tertiary/aromatic N) is 1. The van der Waals surface area contributed by atoms with Gasteiger partial charge in [0.25, 0.3) is 5.69 Å². The summed E-state index contributed by atoms with van der Waals surface area (Å²) in [6.07, 6.45) is 2.82. The Morgan fingerprint density at radius 2 is 2.00 bits per heavy atom. The van der Waals surface area contributed by atoms with Gasteiger partial charge in [0.1, 0.15) is 0 Å². The van der Waals surface area contributed by atoms with Crippen LogP contribution < -0.4 is 5.32 Å². The van der Waals surface area contributed by atoms with Gasteiger partial charge in [-0.25, -0.2) is 0 Å². The fourth-order valence-corrected chi connectivity index (χ4v) is 2.49. The minimum absolute atomic E-state index is 0.242. The second kappa shape index (κ2) is 7.89. The molecular weight excluding hydrogens is 240 g/mol. The number of nitrogens with one attached hydrogen (secondary N) is 1. The van der Waals surface area contributed by atoms with Gasteiger partial charge in [-0.05, 0) is 31.7 Å². The van der Waals surface area contributed by atoms with Crippen LogP contribution in [0.1, 0.15) is 39.2 Å². The molecule has 1 aromatic carbocycles. The van der Waals surface area contributed by atoms with Gasteiger partial charge in [0.2, 0.25) is 0 Å². The molecule has 0 saturated carbocycles. The first-order valence-corrected chi connectivity index (χ1v) is 7.05. The fourth-order valence-electron chi connectivity index (χ4n) is 2.49. The normalized spacial score (nSPS) is 14.1. The summed E-state index contributed by atoms with van der Waals surface area (Å²) in [5.74, 6) is 0.518. The molecule has 0 aliphatic heterocycles. The van der Waals surface area contributed by atoms with E-state index >= 15 is 0 Å². The Kier molecular flexibility index (Phi) is 6.50. The molecule has 2 atom stereocenters. The van der Waals surface area contributed by atoms with Gasteiger partial charge in [-0.1, -0.05) is 39.0 Å². The molecule has 0 heterocycles. The first-order chi connectivity index (χ1) is 9.10. The second-order valence-electron chi connectivity index (χ2n) is 4.97. The van der Waals surface area contributed by atoms with Crippen LogP contribution in [0.2, 0.25) is 0 Å². The molecule has 0 spiro atoms. The monoisotopic (exact) mass is 264 g/mol. The quantitative estimate of drug-likeness (QED) is 0.577. The Morgan fingerprint density at radius 1 is 1.32 bits per heavy atom. The van der Waals surface area contributed by atoms with E-state index in [-0.39, 0.29) is 10.6 Å². The predicted molar refractivity (Wildman–Crippen MR) is 78.3 cm³/mol. The molecule has 1 rings (SSSR count). The molecule has 0 aliphatic rings. The molecule has 4 heteroatoms. The summed E-state index contributed by atoms with van der Waals surface area (Å²) in [5, 5.41) is 14.4. The van der Waals surface area contributed by atoms with Gasteiger partial charge in [-0.3, -0.25) is 10.1 Å². The summed E-state index contributed by atoms with van der Waals surface area (Å²) in [4.78, 5) is 10.7. The van der Waals surface area contributed by atoms with Crippen LogP contribution in [-0.2, 0) is 6.42 Å². The molecule has 0 fully saturated rings. The molecule has 19 heavy (non-hydrogen) atoms. The lowest BCUT2D eigenvalue weighted by Gasteiger charge is -2.23. The summed E-state index contributed by atoms with van der Waals surface area (Å²) < 4.78 is 0. The number of rotatable bonds is 8. The van der Waals surface area contributed by atoms with Crippen molar-refractivity contribution >= 4 is 5.69 Å². The fraction of sp³-hybridized carbons (Fsp3) is 0.600. The third-order valence-electron chi connectivity index (χ3n) is 3.65. The zero-order chi connectivity index (χ0) is 14.3. The minimum Gasteiger partial charge on any atom is -0.314 e. The van der Waals surface area contributed by atoms with Crippen LogP contribution >= 0.6 is 0 Å². The van der Waals surface area contributed by atoms with Crippen molar-refractivity contribution in [2.24, 2.45) is 5.92 Å². The molecule has 0 saturated heterocycles. The molecule has 0 aliphatic carbocycles. The third kappa shape index (κ3) is 4.63. The number of hydrogen-bond donors (Lipinski definition) is 1. The maximum atomic E-state index is 11.0. The number of benzene rings is 1. The predicted octanol–water partition coefficient (Wildman–Crippen LogP) is 3.55. The van der Waals surface area contributed by atoms with Crippen LogP contribution in [0.15, 0.2) is 24.3 Å². The molecular formula is C15H24N2O2. The van der Waals surface area contributed by atoms with Crippen molar-refractivity contribution in [1.82, 2.24) is 5.32 Å². The molecule has 0 bridgehead atoms. The van der Waals surface area contributed by atoms with Gasteiger partial charge in [-0.2, -0.15) is 0 Å². The zero-order valence-corrected chi connectivity index (χ0v) is 12.1. The Bertz CT molecular complexity index is 407. The number of hydrogen-bond acceptors (Lipinski definition) is 3. The van der Waals surface area contributed by atoms with Crippen LogP contribution in [0.5, 0.6) is 0 Å². The van der Waals surface area contributed by atoms with Gasteiger partial charge in [-0.15, -0.1) is 0 Å². The smallest absolute Gasteiger partial charge is 0.272 e. The number of nitro benzene ring substituents is 1. The van der Waals surface area contributed by atoms with Crippen LogP contribution in [0.3, 0.4) is 0 Å². The first kappa shape index (κ1) is 15.6. The SMILES string of the molecule is CCNC(CC)C(C)CCc1ccccc1[N+](=O)[O-]. The van der Waals surface area contributed by atoms with E-state index < -0.39 is 0 Å². The highest BCUT2D eigenvalue weighted by Gasteiger charge is 2.17. The van der Waals surface area contributed by atoms with Crippen molar-refractivity contribution in [3.63, 3.8) is 0 Å². The summed E-state index contributed by atoms with van der Waals surface area (Å²) in [5.41, 5.74) is 1.08. The zero-order valence-electron chi connectivity index (χ0n) is 12.1. The standard InChI is InChI=1S/C15H24N2O2/c1-4-14(16-5-2)12(3)10-11-13-8-6-7-9-15(13)17(18)19/h6-9,12,14,16H,4-5,10-11H2,1-3H3. The summed E-state index contributed by atoms with van der Waals surface area (Å²) in [7, 11) is 0. The molecule has 4 nitrogen and oxygen atoms in total. The molecule has 106 valence electrons. The van der Waals surface area contributed by atoms with Crippen LogP contribution in [0.4, 0.5) is 5.69 Å². The number of aryl methyl sites for hydroxylation is 1. The minimum atomic E-state index is -0.290. The highest BCUT2D eigenvalue weighted by Crippen LogP contribution is 2.22. The molecule has 0 aromatic heterocycles. The van der Waals surface area contributed by atoms with E-state index in [1.165, 1.54) is 0 Å². The molecule has 0 amide bonds. The number of nitro groups is 1. The maximum Gasteiger partial charge on any atom is 0.272 e. The average molecular weight is 264 g/mol. The van der Waals surface area contributed by atoms with Crippen molar-refractivity contribution in [3.05, 3.63) is 39.9 Å². The Morgan fingerprint density at radius 3 is 2.58 bits per heavy atom. The lowest BCUT2D eigenvalue weighted by atomic mass is 9.92. The Balaban J connectivity index is 2.63. The van der Waals surface area contributed by atoms with Crippen molar-refractivity contribution in [2.45, 2.75) is 46.1 Å². The highest BCUT2D eigenvalue weighted by atomic mass is 16.6. The summed E-state index contributed by atoms with van der Waals surface area (Å²) in [6.45, 7) is 7.46. The first-order valence-electron chi connectivity index (χ1n) is 7.05. The van der Waals surface area contributed by atoms with Crippen LogP contribution in [-0.4, -0.2) is 17.5 Å². The number of para-hydroxylation sites is 1. The van der Waals surface area contributed by atoms with Crippen molar-refractivity contribution in [2.75, 3.05) is 6.54 Å². The average Bonchev–Trinajstić information content (AvgIpc) is 2.42. The van der Waals surface area contributed by atoms with Crippen LogP contribution in [0.25, 0.3) is 0 Å². The summed E-state index contributed by atoms with van der Waals surface area (Å²) in [6, 6.07) is 7.53. The maximum absolute atomic E-state index is 11.0. The van der Waals surface area contributed by atoms with E-state index in [0.29, 0.717) is 12.0 Å². The van der Waals surface area contributed by atoms with Crippen molar-refractivity contribution in [1.29, 1.82) is 0 Å². The second-order valence-corrected chi connectivity index (χ2v) is 4.97. The van der Waals surface area contributed by atoms with Gasteiger partial charge >= 0.3 is 0 Å². The lowest BCUT2D eigenvalue weighted by molar-refractivity contribution is -0.385. The third-order valence-corrected chi connectivity index (χ3v) is 3.65. The lowest BCUT2D eigenvalue weighted by Crippen LogP contribution is -2.34. The van der Waals surface area contributed by atoms with E-state index in [0.717, 1.165) is 31.4 Å². The van der Waals surface area contributed by atoms with E-state index in [2.05, 4.69) is 26.1 Å². The van der Waals surface area contributed by atoms with Gasteiger partial charge in [0, 0.05) is 17.7 Å². The topological polar surface area (TPSA) is 55.2 Å². The Labute approximate surface area is 115 Å². The largest absolute Gasteiger partial charge is 0.314 e. The van der Waals surface area contributed by atoms with Gasteiger partial charge in [0.05, 0.1) is 4.92 Å². The van der Waals surface area contributed by atoms with Crippen molar-refractivity contribution in [3.8, 4) is 0 Å². The molecule has 1 N–H and O–H groups in total. The summed E-state index contributed by atoms with van der Waals surface area (Å²) >= 11 is 0. The molecule has 0 radical (unpaired) electrons. The highest BCUT2D eigenvalue weighted by molar-refractivity contribution is 5.39. The van der Waals surface area contributed by atoms with E-state index in [1.807, 2.05) is 12.1 Å². The van der Waals surface area contributed by atoms with E-state index in [4.69, 9.17) is 0 Å².